The molecule has 0 heterocycles. The van der Waals surface area contributed by atoms with Gasteiger partial charge < -0.3 is 10.1 Å². The first-order valence-electron chi connectivity index (χ1n) is 10.9. The van der Waals surface area contributed by atoms with Crippen molar-refractivity contribution in [3.05, 3.63) is 35.9 Å². The Morgan fingerprint density at radius 2 is 1.89 bits per heavy atom. The van der Waals surface area contributed by atoms with Crippen LogP contribution in [0.2, 0.25) is 0 Å². The molecule has 2 aliphatic carbocycles. The smallest absolute Gasteiger partial charge is 0.246 e. The van der Waals surface area contributed by atoms with Gasteiger partial charge in [-0.25, -0.2) is 0 Å². The maximum absolute atomic E-state index is 12.5. The molecule has 0 unspecified atom stereocenters. The highest BCUT2D eigenvalue weighted by Crippen LogP contribution is 2.40. The fourth-order valence-electron chi connectivity index (χ4n) is 5.22. The molecule has 0 spiro atoms. The molecule has 2 aliphatic rings. The van der Waals surface area contributed by atoms with Gasteiger partial charge in [0, 0.05) is 12.0 Å². The monoisotopic (exact) mass is 371 g/mol. The third-order valence-corrected chi connectivity index (χ3v) is 6.96. The van der Waals surface area contributed by atoms with Crippen molar-refractivity contribution in [3.63, 3.8) is 0 Å². The third kappa shape index (κ3) is 5.13. The summed E-state index contributed by atoms with van der Waals surface area (Å²) in [5.41, 5.74) is 1.47. The minimum atomic E-state index is 0.0398. The highest BCUT2D eigenvalue weighted by Gasteiger charge is 2.36. The summed E-state index contributed by atoms with van der Waals surface area (Å²) < 4.78 is 6.13. The van der Waals surface area contributed by atoms with E-state index >= 15 is 0 Å². The molecule has 27 heavy (non-hydrogen) atoms. The molecular formula is C24H37NO2. The number of rotatable bonds is 7. The fourth-order valence-corrected chi connectivity index (χ4v) is 5.22. The average molecular weight is 372 g/mol. The van der Waals surface area contributed by atoms with Crippen LogP contribution < -0.4 is 5.32 Å². The molecule has 3 heteroatoms. The first kappa shape index (κ1) is 20.4. The Hall–Kier alpha value is -1.35. The van der Waals surface area contributed by atoms with Crippen LogP contribution in [0.1, 0.15) is 71.3 Å². The van der Waals surface area contributed by atoms with Crippen molar-refractivity contribution in [3.8, 4) is 0 Å². The van der Waals surface area contributed by atoms with E-state index < -0.39 is 0 Å². The van der Waals surface area contributed by atoms with Crippen LogP contribution in [-0.2, 0) is 14.9 Å². The molecule has 0 aliphatic heterocycles. The number of amides is 1. The van der Waals surface area contributed by atoms with Crippen LogP contribution in [-0.4, -0.2) is 25.2 Å². The molecule has 2 saturated carbocycles. The lowest BCUT2D eigenvalue weighted by atomic mass is 9.75. The second-order valence-electron chi connectivity index (χ2n) is 9.31. The van der Waals surface area contributed by atoms with Crippen LogP contribution in [0.3, 0.4) is 0 Å². The van der Waals surface area contributed by atoms with E-state index in [1.807, 2.05) is 0 Å². The van der Waals surface area contributed by atoms with Gasteiger partial charge >= 0.3 is 0 Å². The summed E-state index contributed by atoms with van der Waals surface area (Å²) in [5, 5.41) is 3.19. The quantitative estimate of drug-likeness (QED) is 0.725. The molecule has 1 amide bonds. The zero-order valence-corrected chi connectivity index (χ0v) is 17.4. The predicted molar refractivity (Wildman–Crippen MR) is 111 cm³/mol. The number of ether oxygens (including phenoxy) is 1. The van der Waals surface area contributed by atoms with E-state index in [-0.39, 0.29) is 24.0 Å². The summed E-state index contributed by atoms with van der Waals surface area (Å²) in [6.07, 6.45) is 8.64. The van der Waals surface area contributed by atoms with Crippen LogP contribution in [0.15, 0.2) is 30.3 Å². The molecule has 1 aromatic carbocycles. The molecule has 0 radical (unpaired) electrons. The molecule has 150 valence electrons. The summed E-state index contributed by atoms with van der Waals surface area (Å²) in [6, 6.07) is 10.7. The second-order valence-corrected chi connectivity index (χ2v) is 9.31. The first-order valence-corrected chi connectivity index (χ1v) is 10.9. The number of nitrogens with one attached hydrogen (secondary N) is 1. The van der Waals surface area contributed by atoms with Gasteiger partial charge in [0.15, 0.2) is 0 Å². The Bertz CT molecular complexity index is 592. The van der Waals surface area contributed by atoms with Crippen LogP contribution in [0, 0.1) is 17.8 Å². The average Bonchev–Trinajstić information content (AvgIpc) is 3.15. The van der Waals surface area contributed by atoms with Crippen molar-refractivity contribution >= 4 is 5.91 Å². The van der Waals surface area contributed by atoms with Crippen molar-refractivity contribution in [2.75, 3.05) is 13.2 Å². The Morgan fingerprint density at radius 1 is 1.19 bits per heavy atom. The Balaban J connectivity index is 1.53. The summed E-state index contributed by atoms with van der Waals surface area (Å²) in [7, 11) is 0. The Kier molecular flexibility index (Phi) is 6.97. The summed E-state index contributed by atoms with van der Waals surface area (Å²) >= 11 is 0. The lowest BCUT2D eigenvalue weighted by Crippen LogP contribution is -2.42. The topological polar surface area (TPSA) is 38.3 Å². The van der Waals surface area contributed by atoms with Crippen LogP contribution in [0.4, 0.5) is 0 Å². The van der Waals surface area contributed by atoms with Crippen molar-refractivity contribution in [2.24, 2.45) is 17.8 Å². The normalized spacial score (nSPS) is 27.6. The standard InChI is InChI=1S/C24H37NO2/c1-18(2)21-12-11-19(3)15-22(21)27-16-23(26)25-17-24(13-7-8-14-24)20-9-5-4-6-10-20/h4-6,9-10,18-19,21-22H,7-8,11-17H2,1-3H3,(H,25,26)/t19-,21+,22-/m1/s1. The molecule has 0 aromatic heterocycles. The highest BCUT2D eigenvalue weighted by atomic mass is 16.5. The largest absolute Gasteiger partial charge is 0.368 e. The van der Waals surface area contributed by atoms with E-state index in [1.165, 1.54) is 31.2 Å². The van der Waals surface area contributed by atoms with Gasteiger partial charge in [-0.1, -0.05) is 70.4 Å². The van der Waals surface area contributed by atoms with E-state index in [2.05, 4.69) is 56.4 Å². The molecule has 1 N–H and O–H groups in total. The zero-order chi connectivity index (χ0) is 19.3. The highest BCUT2D eigenvalue weighted by molar-refractivity contribution is 5.77. The minimum absolute atomic E-state index is 0.0398. The first-order chi connectivity index (χ1) is 13.0. The second kappa shape index (κ2) is 9.23. The minimum Gasteiger partial charge on any atom is -0.368 e. The third-order valence-electron chi connectivity index (χ3n) is 6.96. The number of carbonyl (C=O) groups excluding carboxylic acids is 1. The maximum Gasteiger partial charge on any atom is 0.246 e. The van der Waals surface area contributed by atoms with E-state index in [0.29, 0.717) is 17.8 Å². The van der Waals surface area contributed by atoms with Crippen LogP contribution in [0.5, 0.6) is 0 Å². The zero-order valence-electron chi connectivity index (χ0n) is 17.4. The Morgan fingerprint density at radius 3 is 2.56 bits per heavy atom. The Labute approximate surface area is 165 Å². The predicted octanol–water partition coefficient (Wildman–Crippen LogP) is 5.09. The van der Waals surface area contributed by atoms with E-state index in [1.54, 1.807) is 0 Å². The van der Waals surface area contributed by atoms with Crippen LogP contribution in [0.25, 0.3) is 0 Å². The molecule has 1 aromatic rings. The molecule has 3 nitrogen and oxygen atoms in total. The molecular weight excluding hydrogens is 334 g/mol. The van der Waals surface area contributed by atoms with Gasteiger partial charge in [0.25, 0.3) is 0 Å². The molecule has 0 bridgehead atoms. The van der Waals surface area contributed by atoms with Gasteiger partial charge in [-0.3, -0.25) is 4.79 Å². The summed E-state index contributed by atoms with van der Waals surface area (Å²) in [6.45, 7) is 7.79. The van der Waals surface area contributed by atoms with Gasteiger partial charge in [0.2, 0.25) is 5.91 Å². The molecule has 3 atom stereocenters. The molecule has 3 rings (SSSR count). The van der Waals surface area contributed by atoms with Gasteiger partial charge in [-0.15, -0.1) is 0 Å². The fraction of sp³-hybridized carbons (Fsp3) is 0.708. The van der Waals surface area contributed by atoms with E-state index in [4.69, 9.17) is 4.74 Å². The van der Waals surface area contributed by atoms with Crippen LogP contribution >= 0.6 is 0 Å². The SMILES string of the molecule is CC(C)[C@@H]1CC[C@@H](C)C[C@H]1OCC(=O)NCC1(c2ccccc2)CCCC1. The number of hydrogen-bond donors (Lipinski definition) is 1. The number of hydrogen-bond acceptors (Lipinski definition) is 2. The van der Waals surface area contributed by atoms with Gasteiger partial charge in [-0.05, 0) is 49.0 Å². The van der Waals surface area contributed by atoms with Gasteiger partial charge in [0.05, 0.1) is 6.10 Å². The lowest BCUT2D eigenvalue weighted by Gasteiger charge is -2.37. The van der Waals surface area contributed by atoms with E-state index in [0.717, 1.165) is 25.8 Å². The lowest BCUT2D eigenvalue weighted by molar-refractivity contribution is -0.131. The maximum atomic E-state index is 12.5. The van der Waals surface area contributed by atoms with Crippen molar-refractivity contribution in [1.29, 1.82) is 0 Å². The summed E-state index contributed by atoms with van der Waals surface area (Å²) in [5.74, 6) is 1.94. The van der Waals surface area contributed by atoms with Gasteiger partial charge in [0.1, 0.15) is 6.61 Å². The van der Waals surface area contributed by atoms with Gasteiger partial charge in [-0.2, -0.15) is 0 Å². The van der Waals surface area contributed by atoms with Crippen molar-refractivity contribution in [2.45, 2.75) is 77.2 Å². The number of benzene rings is 1. The molecule has 0 saturated heterocycles. The van der Waals surface area contributed by atoms with Crippen molar-refractivity contribution in [1.82, 2.24) is 5.32 Å². The molecule has 2 fully saturated rings. The number of carbonyl (C=O) groups is 1. The van der Waals surface area contributed by atoms with E-state index in [9.17, 15) is 4.79 Å². The van der Waals surface area contributed by atoms with Crippen molar-refractivity contribution < 1.29 is 9.53 Å². The summed E-state index contributed by atoms with van der Waals surface area (Å²) in [4.78, 5) is 12.5.